The Morgan fingerprint density at radius 3 is 2.68 bits per heavy atom. The molecule has 0 spiro atoms. The van der Waals surface area contributed by atoms with Gasteiger partial charge < -0.3 is 14.8 Å². The second-order valence-corrected chi connectivity index (χ2v) is 7.61. The van der Waals surface area contributed by atoms with Crippen LogP contribution < -0.4 is 14.8 Å². The Morgan fingerprint density at radius 2 is 2.00 bits per heavy atom. The number of hydrogen-bond acceptors (Lipinski definition) is 4. The van der Waals surface area contributed by atoms with Crippen molar-refractivity contribution in [3.63, 3.8) is 0 Å². The number of carbonyl (C=O) groups is 1. The second-order valence-electron chi connectivity index (χ2n) is 7.20. The molecule has 0 aliphatic heterocycles. The summed E-state index contributed by atoms with van der Waals surface area (Å²) >= 11 is 6.17. The van der Waals surface area contributed by atoms with Crippen molar-refractivity contribution in [2.45, 2.75) is 38.5 Å². The third kappa shape index (κ3) is 5.18. The predicted molar refractivity (Wildman–Crippen MR) is 111 cm³/mol. The van der Waals surface area contributed by atoms with Gasteiger partial charge in [0.1, 0.15) is 6.61 Å². The number of halogens is 1. The zero-order valence-electron chi connectivity index (χ0n) is 16.6. The van der Waals surface area contributed by atoms with Crippen LogP contribution in [0.3, 0.4) is 0 Å². The van der Waals surface area contributed by atoms with E-state index in [1.165, 1.54) is 12.8 Å². The molecule has 1 aliphatic rings. The average molecular weight is 403 g/mol. The van der Waals surface area contributed by atoms with E-state index in [0.717, 1.165) is 5.56 Å². The Kier molecular flexibility index (Phi) is 6.81. The first-order valence-electron chi connectivity index (χ1n) is 9.54. The van der Waals surface area contributed by atoms with Crippen molar-refractivity contribution in [2.75, 3.05) is 20.7 Å². The van der Waals surface area contributed by atoms with Gasteiger partial charge in [0.15, 0.2) is 11.5 Å². The van der Waals surface area contributed by atoms with E-state index in [1.54, 1.807) is 25.3 Å². The normalized spacial score (nSPS) is 14.6. The fraction of sp³-hybridized carbons (Fsp3) is 0.409. The monoisotopic (exact) mass is 402 g/mol. The van der Waals surface area contributed by atoms with Crippen LogP contribution in [-0.2, 0) is 6.61 Å². The van der Waals surface area contributed by atoms with Gasteiger partial charge in [-0.1, -0.05) is 29.8 Å². The van der Waals surface area contributed by atoms with Crippen LogP contribution in [-0.4, -0.2) is 43.6 Å². The van der Waals surface area contributed by atoms with E-state index < -0.39 is 0 Å². The molecule has 0 heterocycles. The third-order valence-electron chi connectivity index (χ3n) is 5.14. The summed E-state index contributed by atoms with van der Waals surface area (Å²) in [7, 11) is 3.68. The Morgan fingerprint density at radius 1 is 1.25 bits per heavy atom. The molecule has 0 radical (unpaired) electrons. The average Bonchev–Trinajstić information content (AvgIpc) is 3.55. The summed E-state index contributed by atoms with van der Waals surface area (Å²) in [5, 5.41) is 3.66. The van der Waals surface area contributed by atoms with Crippen LogP contribution in [0.1, 0.15) is 35.7 Å². The molecule has 0 saturated heterocycles. The smallest absolute Gasteiger partial charge is 0.251 e. The minimum Gasteiger partial charge on any atom is -0.493 e. The van der Waals surface area contributed by atoms with Gasteiger partial charge in [0.2, 0.25) is 0 Å². The number of nitrogens with zero attached hydrogens (tertiary/aromatic N) is 1. The van der Waals surface area contributed by atoms with Crippen molar-refractivity contribution < 1.29 is 14.3 Å². The van der Waals surface area contributed by atoms with E-state index in [4.69, 9.17) is 21.1 Å². The molecule has 6 heteroatoms. The highest BCUT2D eigenvalue weighted by molar-refractivity contribution is 6.31. The summed E-state index contributed by atoms with van der Waals surface area (Å²) in [6, 6.07) is 13.7. The first-order chi connectivity index (χ1) is 13.5. The van der Waals surface area contributed by atoms with Crippen LogP contribution in [0.4, 0.5) is 0 Å². The van der Waals surface area contributed by atoms with E-state index in [0.29, 0.717) is 47.3 Å². The lowest BCUT2D eigenvalue weighted by molar-refractivity contribution is 0.0939. The minimum atomic E-state index is -0.119. The number of amides is 1. The number of likely N-dealkylation sites (N-methyl/N-ethyl adjacent to an activating group) is 1. The maximum Gasteiger partial charge on any atom is 0.251 e. The van der Waals surface area contributed by atoms with Gasteiger partial charge in [0, 0.05) is 34.8 Å². The van der Waals surface area contributed by atoms with Gasteiger partial charge in [0.05, 0.1) is 7.11 Å². The van der Waals surface area contributed by atoms with E-state index in [2.05, 4.69) is 24.2 Å². The molecule has 0 bridgehead atoms. The van der Waals surface area contributed by atoms with E-state index >= 15 is 0 Å². The number of nitrogens with one attached hydrogen (secondary N) is 1. The molecule has 3 rings (SSSR count). The molecular formula is C22H27ClN2O3. The molecule has 1 unspecified atom stereocenters. The van der Waals surface area contributed by atoms with Crippen molar-refractivity contribution in [2.24, 2.45) is 0 Å². The van der Waals surface area contributed by atoms with Crippen LogP contribution in [0.2, 0.25) is 5.02 Å². The topological polar surface area (TPSA) is 50.8 Å². The predicted octanol–water partition coefficient (Wildman–Crippen LogP) is 4.14. The van der Waals surface area contributed by atoms with Crippen molar-refractivity contribution >= 4 is 17.5 Å². The molecule has 2 aromatic carbocycles. The lowest BCUT2D eigenvalue weighted by atomic mass is 10.1. The molecule has 150 valence electrons. The second kappa shape index (κ2) is 9.30. The fourth-order valence-corrected chi connectivity index (χ4v) is 3.22. The first-order valence-corrected chi connectivity index (χ1v) is 9.91. The number of rotatable bonds is 9. The molecule has 1 atom stereocenters. The number of benzene rings is 2. The van der Waals surface area contributed by atoms with Crippen LogP contribution in [0.15, 0.2) is 42.5 Å². The van der Waals surface area contributed by atoms with E-state index in [1.807, 2.05) is 24.3 Å². The standard InChI is InChI=1S/C22H27ClN2O3/c1-15(25(2)18-9-10-18)13-24-22(26)16-8-11-20(21(12-16)27-3)28-14-17-6-4-5-7-19(17)23/h4-8,11-12,15,18H,9-10,13-14H2,1-3H3,(H,24,26). The number of methoxy groups -OCH3 is 1. The Bertz CT molecular complexity index is 823. The summed E-state index contributed by atoms with van der Waals surface area (Å²) in [6.45, 7) is 3.07. The van der Waals surface area contributed by atoms with Crippen molar-refractivity contribution in [3.05, 3.63) is 58.6 Å². The molecule has 1 N–H and O–H groups in total. The quantitative estimate of drug-likeness (QED) is 0.684. The first kappa shape index (κ1) is 20.5. The highest BCUT2D eigenvalue weighted by Crippen LogP contribution is 2.30. The number of ether oxygens (including phenoxy) is 2. The maximum atomic E-state index is 12.5. The SMILES string of the molecule is COc1cc(C(=O)NCC(C)N(C)C2CC2)ccc1OCc1ccccc1Cl. The van der Waals surface area contributed by atoms with Crippen LogP contribution in [0.5, 0.6) is 11.5 Å². The summed E-state index contributed by atoms with van der Waals surface area (Å²) in [6.07, 6.45) is 2.50. The van der Waals surface area contributed by atoms with Crippen molar-refractivity contribution in [1.82, 2.24) is 10.2 Å². The van der Waals surface area contributed by atoms with Gasteiger partial charge in [-0.2, -0.15) is 0 Å². The molecule has 1 fully saturated rings. The van der Waals surface area contributed by atoms with Gasteiger partial charge in [-0.25, -0.2) is 0 Å². The Hall–Kier alpha value is -2.24. The lowest BCUT2D eigenvalue weighted by Gasteiger charge is -2.24. The van der Waals surface area contributed by atoms with Gasteiger partial charge in [-0.3, -0.25) is 9.69 Å². The van der Waals surface area contributed by atoms with Gasteiger partial charge in [-0.05, 0) is 51.1 Å². The van der Waals surface area contributed by atoms with Crippen LogP contribution in [0, 0.1) is 0 Å². The zero-order valence-corrected chi connectivity index (χ0v) is 17.3. The van der Waals surface area contributed by atoms with Gasteiger partial charge in [0.25, 0.3) is 5.91 Å². The molecular weight excluding hydrogens is 376 g/mol. The summed E-state index contributed by atoms with van der Waals surface area (Å²) in [5.74, 6) is 0.968. The fourth-order valence-electron chi connectivity index (χ4n) is 3.03. The molecule has 5 nitrogen and oxygen atoms in total. The van der Waals surface area contributed by atoms with Gasteiger partial charge in [-0.15, -0.1) is 0 Å². The maximum absolute atomic E-state index is 12.5. The van der Waals surface area contributed by atoms with Crippen molar-refractivity contribution in [1.29, 1.82) is 0 Å². The summed E-state index contributed by atoms with van der Waals surface area (Å²) in [5.41, 5.74) is 1.44. The minimum absolute atomic E-state index is 0.119. The van der Waals surface area contributed by atoms with Crippen molar-refractivity contribution in [3.8, 4) is 11.5 Å². The molecule has 1 amide bonds. The molecule has 28 heavy (non-hydrogen) atoms. The number of carbonyl (C=O) groups excluding carboxylic acids is 1. The lowest BCUT2D eigenvalue weighted by Crippen LogP contribution is -2.41. The highest BCUT2D eigenvalue weighted by atomic mass is 35.5. The largest absolute Gasteiger partial charge is 0.493 e. The van der Waals surface area contributed by atoms with Gasteiger partial charge >= 0.3 is 0 Å². The molecule has 2 aromatic rings. The van der Waals surface area contributed by atoms with Crippen LogP contribution in [0.25, 0.3) is 0 Å². The zero-order chi connectivity index (χ0) is 20.1. The molecule has 0 aromatic heterocycles. The van der Waals surface area contributed by atoms with E-state index in [-0.39, 0.29) is 5.91 Å². The third-order valence-corrected chi connectivity index (χ3v) is 5.51. The number of hydrogen-bond donors (Lipinski definition) is 1. The summed E-state index contributed by atoms with van der Waals surface area (Å²) in [4.78, 5) is 14.8. The molecule has 1 saturated carbocycles. The van der Waals surface area contributed by atoms with Crippen LogP contribution >= 0.6 is 11.6 Å². The molecule has 1 aliphatic carbocycles. The Balaban J connectivity index is 1.60. The van der Waals surface area contributed by atoms with E-state index in [9.17, 15) is 4.79 Å². The highest BCUT2D eigenvalue weighted by Gasteiger charge is 2.29. The summed E-state index contributed by atoms with van der Waals surface area (Å²) < 4.78 is 11.3. The Labute approximate surface area is 171 Å².